The summed E-state index contributed by atoms with van der Waals surface area (Å²) in [4.78, 5) is 13.4. The van der Waals surface area contributed by atoms with Gasteiger partial charge in [-0.15, -0.1) is 0 Å². The fourth-order valence-electron chi connectivity index (χ4n) is 8.28. The van der Waals surface area contributed by atoms with Gasteiger partial charge in [0, 0.05) is 12.0 Å². The molecule has 3 fully saturated rings. The maximum Gasteiger partial charge on any atom is 0.159 e. The molecule has 0 aliphatic heterocycles. The Balaban J connectivity index is 1.60. The van der Waals surface area contributed by atoms with Crippen LogP contribution >= 0.6 is 0 Å². The van der Waals surface area contributed by atoms with Crippen LogP contribution in [0.25, 0.3) is 0 Å². The number of fused-ring (bicyclic) bond motifs is 4. The molecule has 0 amide bonds. The summed E-state index contributed by atoms with van der Waals surface area (Å²) in [7, 11) is 0. The molecule has 0 bridgehead atoms. The van der Waals surface area contributed by atoms with Crippen LogP contribution in [-0.4, -0.2) is 5.78 Å². The molecule has 0 unspecified atom stereocenters. The van der Waals surface area contributed by atoms with Crippen molar-refractivity contribution in [3.8, 4) is 0 Å². The molecule has 0 saturated heterocycles. The molecule has 1 heteroatoms. The van der Waals surface area contributed by atoms with Gasteiger partial charge in [0.2, 0.25) is 0 Å². The minimum Gasteiger partial charge on any atom is -0.295 e. The molecular weight excluding hydrogens is 340 g/mol. The molecule has 0 spiro atoms. The minimum atomic E-state index is 0.179. The highest BCUT2D eigenvalue weighted by Gasteiger charge is 2.57. The number of hydrogen-bond acceptors (Lipinski definition) is 1. The quantitative estimate of drug-likeness (QED) is 0.473. The van der Waals surface area contributed by atoms with E-state index in [1.807, 2.05) is 0 Å². The molecular formula is C27H44O. The maximum absolute atomic E-state index is 13.4. The van der Waals surface area contributed by atoms with Crippen molar-refractivity contribution in [2.75, 3.05) is 0 Å². The van der Waals surface area contributed by atoms with Crippen molar-refractivity contribution < 1.29 is 4.79 Å². The Hall–Kier alpha value is -0.590. The van der Waals surface area contributed by atoms with Gasteiger partial charge >= 0.3 is 0 Å². The fraction of sp³-hybridized carbons (Fsp3) is 0.889. The summed E-state index contributed by atoms with van der Waals surface area (Å²) in [5.74, 6) is 4.25. The molecule has 4 aliphatic rings. The normalized spacial score (nSPS) is 41.6. The molecule has 0 radical (unpaired) electrons. The van der Waals surface area contributed by atoms with E-state index in [2.05, 4.69) is 34.6 Å². The van der Waals surface area contributed by atoms with E-state index in [0.29, 0.717) is 29.0 Å². The summed E-state index contributed by atoms with van der Waals surface area (Å²) in [6, 6.07) is 0. The maximum atomic E-state index is 13.4. The van der Waals surface area contributed by atoms with Crippen LogP contribution in [0, 0.1) is 40.4 Å². The lowest BCUT2D eigenvalue weighted by Gasteiger charge is -2.55. The molecule has 28 heavy (non-hydrogen) atoms. The van der Waals surface area contributed by atoms with Crippen LogP contribution in [0.4, 0.5) is 0 Å². The Morgan fingerprint density at radius 1 is 1.00 bits per heavy atom. The van der Waals surface area contributed by atoms with Crippen LogP contribution in [0.2, 0.25) is 0 Å². The van der Waals surface area contributed by atoms with E-state index in [4.69, 9.17) is 0 Å². The van der Waals surface area contributed by atoms with Crippen molar-refractivity contribution >= 4 is 5.78 Å². The number of rotatable bonds is 5. The number of ketones is 1. The Morgan fingerprint density at radius 2 is 1.79 bits per heavy atom. The smallest absolute Gasteiger partial charge is 0.159 e. The monoisotopic (exact) mass is 384 g/mol. The topological polar surface area (TPSA) is 17.1 Å². The standard InChI is InChI=1S/C27H44O/c1-18(2)9-8-10-19(3)23-17-24(28)25-21-13-12-20-11-6-7-15-26(20,4)22(21)14-16-27(23,25)5/h18-20,22-23H,6-17H2,1-5H3/t19-,20-,22+,23-,26+,27-/m1/s1. The summed E-state index contributed by atoms with van der Waals surface area (Å²) in [5, 5.41) is 0. The Labute approximate surface area is 174 Å². The van der Waals surface area contributed by atoms with Gasteiger partial charge in [-0.3, -0.25) is 4.79 Å². The molecule has 0 aromatic carbocycles. The molecule has 158 valence electrons. The van der Waals surface area contributed by atoms with Gasteiger partial charge in [-0.1, -0.05) is 72.3 Å². The van der Waals surface area contributed by atoms with Gasteiger partial charge in [0.15, 0.2) is 5.78 Å². The van der Waals surface area contributed by atoms with Gasteiger partial charge in [-0.2, -0.15) is 0 Å². The Morgan fingerprint density at radius 3 is 2.54 bits per heavy atom. The number of hydrogen-bond donors (Lipinski definition) is 0. The largest absolute Gasteiger partial charge is 0.295 e. The van der Waals surface area contributed by atoms with Gasteiger partial charge in [-0.05, 0) is 78.9 Å². The van der Waals surface area contributed by atoms with Crippen molar-refractivity contribution in [1.82, 2.24) is 0 Å². The first-order valence-corrected chi connectivity index (χ1v) is 12.5. The molecule has 3 saturated carbocycles. The van der Waals surface area contributed by atoms with Crippen molar-refractivity contribution in [3.05, 3.63) is 11.1 Å². The lowest BCUT2D eigenvalue weighted by Crippen LogP contribution is -2.46. The van der Waals surface area contributed by atoms with Crippen LogP contribution in [-0.2, 0) is 4.79 Å². The van der Waals surface area contributed by atoms with Crippen molar-refractivity contribution in [1.29, 1.82) is 0 Å². The number of carbonyl (C=O) groups is 1. The minimum absolute atomic E-state index is 0.179. The first-order valence-electron chi connectivity index (χ1n) is 12.5. The fourth-order valence-corrected chi connectivity index (χ4v) is 8.28. The Kier molecular flexibility index (Phi) is 5.60. The molecule has 6 atom stereocenters. The average Bonchev–Trinajstić information content (AvgIpc) is 2.92. The first kappa shape index (κ1) is 20.7. The van der Waals surface area contributed by atoms with E-state index in [1.54, 1.807) is 5.57 Å². The molecule has 0 N–H and O–H groups in total. The van der Waals surface area contributed by atoms with Gasteiger partial charge in [0.1, 0.15) is 0 Å². The molecule has 4 rings (SSSR count). The second-order valence-corrected chi connectivity index (χ2v) is 11.9. The lowest BCUT2D eigenvalue weighted by molar-refractivity contribution is -0.115. The van der Waals surface area contributed by atoms with E-state index in [0.717, 1.165) is 18.3 Å². The molecule has 0 aromatic rings. The summed E-state index contributed by atoms with van der Waals surface area (Å²) in [5.41, 5.74) is 3.67. The highest BCUT2D eigenvalue weighted by atomic mass is 16.1. The van der Waals surface area contributed by atoms with Crippen molar-refractivity contribution in [2.45, 2.75) is 112 Å². The predicted molar refractivity (Wildman–Crippen MR) is 118 cm³/mol. The van der Waals surface area contributed by atoms with E-state index < -0.39 is 0 Å². The molecule has 1 nitrogen and oxygen atoms in total. The second-order valence-electron chi connectivity index (χ2n) is 11.9. The number of allylic oxidation sites excluding steroid dienone is 2. The SMILES string of the molecule is CC(C)CCC[C@@H](C)[C@H]1CC(=O)C2=C3CC[C@H]4CCCC[C@]4(C)[C@H]3CC[C@@]21C. The third-order valence-corrected chi connectivity index (χ3v) is 9.90. The third-order valence-electron chi connectivity index (χ3n) is 9.90. The number of carbonyl (C=O) groups excluding carboxylic acids is 1. The van der Waals surface area contributed by atoms with Crippen LogP contribution < -0.4 is 0 Å². The molecule has 0 heterocycles. The van der Waals surface area contributed by atoms with Gasteiger partial charge in [0.05, 0.1) is 0 Å². The van der Waals surface area contributed by atoms with Gasteiger partial charge < -0.3 is 0 Å². The zero-order valence-electron chi connectivity index (χ0n) is 19.3. The summed E-state index contributed by atoms with van der Waals surface area (Å²) < 4.78 is 0. The molecule has 4 aliphatic carbocycles. The first-order chi connectivity index (χ1) is 13.3. The highest BCUT2D eigenvalue weighted by Crippen LogP contribution is 2.65. The van der Waals surface area contributed by atoms with E-state index >= 15 is 0 Å². The zero-order valence-corrected chi connectivity index (χ0v) is 19.3. The third kappa shape index (κ3) is 3.24. The molecule has 0 aromatic heterocycles. The van der Waals surface area contributed by atoms with Crippen molar-refractivity contribution in [3.63, 3.8) is 0 Å². The van der Waals surface area contributed by atoms with E-state index in [-0.39, 0.29) is 5.41 Å². The summed E-state index contributed by atoms with van der Waals surface area (Å²) in [6.07, 6.45) is 15.7. The van der Waals surface area contributed by atoms with Crippen LogP contribution in [0.15, 0.2) is 11.1 Å². The van der Waals surface area contributed by atoms with E-state index in [1.165, 1.54) is 76.2 Å². The van der Waals surface area contributed by atoms with Crippen LogP contribution in [0.1, 0.15) is 112 Å². The van der Waals surface area contributed by atoms with Gasteiger partial charge in [-0.25, -0.2) is 0 Å². The van der Waals surface area contributed by atoms with E-state index in [9.17, 15) is 4.79 Å². The average molecular weight is 385 g/mol. The Bertz CT molecular complexity index is 643. The summed E-state index contributed by atoms with van der Waals surface area (Å²) >= 11 is 0. The highest BCUT2D eigenvalue weighted by molar-refractivity contribution is 6.00. The lowest BCUT2D eigenvalue weighted by atomic mass is 9.49. The van der Waals surface area contributed by atoms with Crippen LogP contribution in [0.5, 0.6) is 0 Å². The van der Waals surface area contributed by atoms with Crippen LogP contribution in [0.3, 0.4) is 0 Å². The van der Waals surface area contributed by atoms with Crippen molar-refractivity contribution in [2.24, 2.45) is 40.4 Å². The zero-order chi connectivity index (χ0) is 20.1. The predicted octanol–water partition coefficient (Wildman–Crippen LogP) is 7.74. The number of Topliss-reactive ketones (excluding diaryl/α,β-unsaturated/α-hetero) is 1. The van der Waals surface area contributed by atoms with Gasteiger partial charge in [0.25, 0.3) is 0 Å². The second kappa shape index (κ2) is 7.59. The summed E-state index contributed by atoms with van der Waals surface area (Å²) in [6.45, 7) is 12.2.